The summed E-state index contributed by atoms with van der Waals surface area (Å²) in [4.78, 5) is 4.62. The first-order valence-electron chi connectivity index (χ1n) is 7.77. The van der Waals surface area contributed by atoms with Crippen LogP contribution in [-0.2, 0) is 6.42 Å². The van der Waals surface area contributed by atoms with Crippen molar-refractivity contribution in [2.45, 2.75) is 38.3 Å². The van der Waals surface area contributed by atoms with Gasteiger partial charge in [0.15, 0.2) is 0 Å². The summed E-state index contributed by atoms with van der Waals surface area (Å²) in [6, 6.07) is 8.67. The van der Waals surface area contributed by atoms with Gasteiger partial charge in [-0.05, 0) is 51.2 Å². The van der Waals surface area contributed by atoms with E-state index in [4.69, 9.17) is 0 Å². The molecule has 0 aliphatic carbocycles. The first-order chi connectivity index (χ1) is 9.61. The molecule has 1 aromatic carbocycles. The number of rotatable bonds is 4. The molecule has 0 spiro atoms. The molecule has 112 valence electrons. The Kier molecular flexibility index (Phi) is 5.58. The van der Waals surface area contributed by atoms with Crippen LogP contribution in [0, 0.1) is 0 Å². The number of likely N-dealkylation sites (N-methyl/N-ethyl adjacent to an activating group) is 2. The van der Waals surface area contributed by atoms with Crippen LogP contribution in [0.15, 0.2) is 24.3 Å². The summed E-state index contributed by atoms with van der Waals surface area (Å²) in [7, 11) is 4.27. The van der Waals surface area contributed by atoms with Crippen LogP contribution in [0.3, 0.4) is 0 Å². The highest BCUT2D eigenvalue weighted by atomic mass is 16.3. The van der Waals surface area contributed by atoms with Gasteiger partial charge in [0.05, 0.1) is 12.1 Å². The van der Waals surface area contributed by atoms with E-state index in [-0.39, 0.29) is 6.04 Å². The summed E-state index contributed by atoms with van der Waals surface area (Å²) >= 11 is 0. The quantitative estimate of drug-likeness (QED) is 0.914. The van der Waals surface area contributed by atoms with Crippen molar-refractivity contribution < 1.29 is 5.11 Å². The monoisotopic (exact) mass is 276 g/mol. The van der Waals surface area contributed by atoms with E-state index >= 15 is 0 Å². The molecule has 2 unspecified atom stereocenters. The number of aliphatic hydroxyl groups is 1. The van der Waals surface area contributed by atoms with Gasteiger partial charge in [0.25, 0.3) is 0 Å². The van der Waals surface area contributed by atoms with Gasteiger partial charge >= 0.3 is 0 Å². The maximum absolute atomic E-state index is 10.7. The topological polar surface area (TPSA) is 26.7 Å². The summed E-state index contributed by atoms with van der Waals surface area (Å²) in [6.07, 6.45) is 3.04. The molecule has 3 nitrogen and oxygen atoms in total. The standard InChI is InChI=1S/C17H28N2O/c1-4-6-14-7-9-15(10-8-14)17(20)16-13-18(2)11-5-12-19(16)3/h7-10,16-17,20H,4-6,11-13H2,1-3H3. The van der Waals surface area contributed by atoms with Crippen LogP contribution in [0.2, 0.25) is 0 Å². The Morgan fingerprint density at radius 2 is 1.90 bits per heavy atom. The zero-order chi connectivity index (χ0) is 14.5. The highest BCUT2D eigenvalue weighted by Gasteiger charge is 2.28. The van der Waals surface area contributed by atoms with E-state index in [1.807, 2.05) is 0 Å². The Balaban J connectivity index is 2.09. The van der Waals surface area contributed by atoms with Gasteiger partial charge in [0, 0.05) is 6.54 Å². The number of aryl methyl sites for hydroxylation is 1. The van der Waals surface area contributed by atoms with Crippen molar-refractivity contribution in [3.05, 3.63) is 35.4 Å². The molecule has 0 bridgehead atoms. The van der Waals surface area contributed by atoms with Gasteiger partial charge < -0.3 is 10.0 Å². The maximum Gasteiger partial charge on any atom is 0.0957 e. The van der Waals surface area contributed by atoms with Crippen LogP contribution in [0.25, 0.3) is 0 Å². The molecule has 0 aromatic heterocycles. The molecule has 1 fully saturated rings. The molecular formula is C17H28N2O. The van der Waals surface area contributed by atoms with Gasteiger partial charge in [-0.3, -0.25) is 4.90 Å². The van der Waals surface area contributed by atoms with Gasteiger partial charge in [-0.1, -0.05) is 37.6 Å². The van der Waals surface area contributed by atoms with E-state index in [2.05, 4.69) is 55.1 Å². The number of hydrogen-bond acceptors (Lipinski definition) is 3. The van der Waals surface area contributed by atoms with E-state index in [1.54, 1.807) is 0 Å². The van der Waals surface area contributed by atoms with Crippen molar-refractivity contribution >= 4 is 0 Å². The third kappa shape index (κ3) is 3.81. The second kappa shape index (κ2) is 7.21. The molecule has 0 amide bonds. The Hall–Kier alpha value is -0.900. The van der Waals surface area contributed by atoms with Crippen LogP contribution < -0.4 is 0 Å². The van der Waals surface area contributed by atoms with E-state index in [0.717, 1.165) is 38.0 Å². The highest BCUT2D eigenvalue weighted by Crippen LogP contribution is 2.23. The molecule has 0 radical (unpaired) electrons. The van der Waals surface area contributed by atoms with Crippen LogP contribution in [0.1, 0.15) is 37.0 Å². The zero-order valence-corrected chi connectivity index (χ0v) is 13.0. The van der Waals surface area contributed by atoms with Gasteiger partial charge in [0.1, 0.15) is 0 Å². The predicted molar refractivity (Wildman–Crippen MR) is 83.9 cm³/mol. The Labute approximate surface area is 123 Å². The fraction of sp³-hybridized carbons (Fsp3) is 0.647. The smallest absolute Gasteiger partial charge is 0.0957 e. The molecule has 2 atom stereocenters. The number of benzene rings is 1. The lowest BCUT2D eigenvalue weighted by molar-refractivity contribution is 0.0572. The average Bonchev–Trinajstić information content (AvgIpc) is 2.61. The van der Waals surface area contributed by atoms with Crippen molar-refractivity contribution in [1.29, 1.82) is 0 Å². The largest absolute Gasteiger partial charge is 0.387 e. The first-order valence-corrected chi connectivity index (χ1v) is 7.77. The molecule has 20 heavy (non-hydrogen) atoms. The molecule has 2 rings (SSSR count). The van der Waals surface area contributed by atoms with Crippen LogP contribution in [0.5, 0.6) is 0 Å². The van der Waals surface area contributed by atoms with Crippen molar-refractivity contribution in [3.8, 4) is 0 Å². The molecular weight excluding hydrogens is 248 g/mol. The van der Waals surface area contributed by atoms with Crippen molar-refractivity contribution in [3.63, 3.8) is 0 Å². The molecule has 1 heterocycles. The van der Waals surface area contributed by atoms with Crippen LogP contribution in [-0.4, -0.2) is 54.7 Å². The summed E-state index contributed by atoms with van der Waals surface area (Å²) in [5, 5.41) is 10.7. The van der Waals surface area contributed by atoms with Crippen molar-refractivity contribution in [2.24, 2.45) is 0 Å². The van der Waals surface area contributed by atoms with Gasteiger partial charge in [-0.25, -0.2) is 0 Å². The molecule has 1 aliphatic rings. The first kappa shape index (κ1) is 15.5. The maximum atomic E-state index is 10.7. The van der Waals surface area contributed by atoms with E-state index < -0.39 is 6.10 Å². The van der Waals surface area contributed by atoms with Gasteiger partial charge in [-0.15, -0.1) is 0 Å². The second-order valence-electron chi connectivity index (χ2n) is 6.10. The Bertz CT molecular complexity index is 404. The van der Waals surface area contributed by atoms with Crippen molar-refractivity contribution in [2.75, 3.05) is 33.7 Å². The lowest BCUT2D eigenvalue weighted by Crippen LogP contribution is -2.42. The van der Waals surface area contributed by atoms with E-state index in [0.29, 0.717) is 0 Å². The molecule has 0 saturated carbocycles. The van der Waals surface area contributed by atoms with Gasteiger partial charge in [-0.2, -0.15) is 0 Å². The zero-order valence-electron chi connectivity index (χ0n) is 13.0. The number of hydrogen-bond donors (Lipinski definition) is 1. The second-order valence-corrected chi connectivity index (χ2v) is 6.10. The van der Waals surface area contributed by atoms with Crippen molar-refractivity contribution in [1.82, 2.24) is 9.80 Å². The summed E-state index contributed by atoms with van der Waals surface area (Å²) in [6.45, 7) is 5.29. The fourth-order valence-electron chi connectivity index (χ4n) is 3.04. The molecule has 1 aliphatic heterocycles. The lowest BCUT2D eigenvalue weighted by atomic mass is 9.99. The Morgan fingerprint density at radius 3 is 2.55 bits per heavy atom. The minimum atomic E-state index is -0.406. The molecule has 3 heteroatoms. The Morgan fingerprint density at radius 1 is 1.20 bits per heavy atom. The SMILES string of the molecule is CCCc1ccc(C(O)C2CN(C)CCCN2C)cc1. The minimum Gasteiger partial charge on any atom is -0.387 e. The third-order valence-electron chi connectivity index (χ3n) is 4.34. The summed E-state index contributed by atoms with van der Waals surface area (Å²) < 4.78 is 0. The van der Waals surface area contributed by atoms with Crippen LogP contribution >= 0.6 is 0 Å². The lowest BCUT2D eigenvalue weighted by Gasteiger charge is -2.31. The minimum absolute atomic E-state index is 0.180. The van der Waals surface area contributed by atoms with E-state index in [1.165, 1.54) is 12.0 Å². The third-order valence-corrected chi connectivity index (χ3v) is 4.34. The highest BCUT2D eigenvalue weighted by molar-refractivity contribution is 5.25. The predicted octanol–water partition coefficient (Wildman–Crippen LogP) is 2.31. The summed E-state index contributed by atoms with van der Waals surface area (Å²) in [5.74, 6) is 0. The summed E-state index contributed by atoms with van der Waals surface area (Å²) in [5.41, 5.74) is 2.40. The number of aliphatic hydroxyl groups excluding tert-OH is 1. The van der Waals surface area contributed by atoms with Gasteiger partial charge in [0.2, 0.25) is 0 Å². The van der Waals surface area contributed by atoms with E-state index in [9.17, 15) is 5.11 Å². The number of nitrogens with zero attached hydrogens (tertiary/aromatic N) is 2. The average molecular weight is 276 g/mol. The molecule has 1 saturated heterocycles. The molecule has 1 aromatic rings. The fourth-order valence-corrected chi connectivity index (χ4v) is 3.04. The van der Waals surface area contributed by atoms with Crippen LogP contribution in [0.4, 0.5) is 0 Å². The normalized spacial score (nSPS) is 23.5. The molecule has 1 N–H and O–H groups in total.